The van der Waals surface area contributed by atoms with E-state index in [1.165, 1.54) is 21.3 Å². The highest BCUT2D eigenvalue weighted by molar-refractivity contribution is 6.30. The molecule has 0 radical (unpaired) electrons. The minimum Gasteiger partial charge on any atom is -0.493 e. The number of rotatable bonds is 9. The van der Waals surface area contributed by atoms with Gasteiger partial charge >= 0.3 is 0 Å². The number of methoxy groups -OCH3 is 3. The Kier molecular flexibility index (Phi) is 8.90. The van der Waals surface area contributed by atoms with Crippen LogP contribution in [0.1, 0.15) is 47.7 Å². The van der Waals surface area contributed by atoms with Crippen molar-refractivity contribution < 1.29 is 23.8 Å². The Bertz CT molecular complexity index is 1460. The van der Waals surface area contributed by atoms with Crippen LogP contribution in [0.15, 0.2) is 66.7 Å². The molecule has 2 saturated heterocycles. The monoisotopic (exact) mass is 605 g/mol. The zero-order valence-corrected chi connectivity index (χ0v) is 26.0. The third kappa shape index (κ3) is 5.43. The minimum atomic E-state index is -0.822. The first-order valence-corrected chi connectivity index (χ1v) is 15.1. The van der Waals surface area contributed by atoms with Gasteiger partial charge < -0.3 is 24.8 Å². The van der Waals surface area contributed by atoms with Gasteiger partial charge in [0.2, 0.25) is 11.7 Å². The van der Waals surface area contributed by atoms with Crippen molar-refractivity contribution in [3.05, 3.63) is 88.4 Å². The topological polar surface area (TPSA) is 94.3 Å². The number of amides is 2. The predicted octanol–water partition coefficient (Wildman–Crippen LogP) is 5.06. The Balaban J connectivity index is 1.59. The van der Waals surface area contributed by atoms with Gasteiger partial charge in [0, 0.05) is 35.1 Å². The molecule has 3 unspecified atom stereocenters. The highest BCUT2D eigenvalue weighted by Crippen LogP contribution is 2.49. The summed E-state index contributed by atoms with van der Waals surface area (Å²) in [6.07, 6.45) is 1.88. The van der Waals surface area contributed by atoms with Crippen molar-refractivity contribution >= 4 is 23.4 Å². The molecular weight excluding hydrogens is 566 g/mol. The van der Waals surface area contributed by atoms with Gasteiger partial charge in [0.05, 0.1) is 26.7 Å². The molecule has 3 aromatic carbocycles. The second kappa shape index (κ2) is 12.5. The maximum Gasteiger partial charge on any atom is 0.254 e. The Hall–Kier alpha value is -3.75. The van der Waals surface area contributed by atoms with E-state index in [1.807, 2.05) is 53.4 Å². The van der Waals surface area contributed by atoms with E-state index in [4.69, 9.17) is 31.5 Å². The maximum atomic E-state index is 14.1. The first-order valence-electron chi connectivity index (χ1n) is 14.7. The number of likely N-dealkylation sites (N-methyl/N-ethyl adjacent to an activating group) is 1. The van der Waals surface area contributed by atoms with Crippen molar-refractivity contribution in [1.29, 1.82) is 0 Å². The normalized spacial score (nSPS) is 24.0. The Morgan fingerprint density at radius 3 is 2.16 bits per heavy atom. The molecule has 8 nitrogen and oxygen atoms in total. The van der Waals surface area contributed by atoms with Gasteiger partial charge in [-0.05, 0) is 67.7 Å². The van der Waals surface area contributed by atoms with Crippen LogP contribution < -0.4 is 19.9 Å². The summed E-state index contributed by atoms with van der Waals surface area (Å²) >= 11 is 6.58. The van der Waals surface area contributed by atoms with E-state index in [1.54, 1.807) is 12.1 Å². The lowest BCUT2D eigenvalue weighted by Gasteiger charge is -2.52. The largest absolute Gasteiger partial charge is 0.493 e. The molecule has 2 aliphatic rings. The zero-order chi connectivity index (χ0) is 30.8. The highest BCUT2D eigenvalue weighted by Gasteiger charge is 2.55. The molecule has 43 heavy (non-hydrogen) atoms. The SMILES string of the molecule is CCN1CCC(C(N)=O)(c2ccccc2)CC1C1(c2cccc(Cl)c2)CCN(C(=O)c2cc(OC)c(OC)c(OC)c2)C1. The molecule has 2 amide bonds. The molecule has 0 saturated carbocycles. The van der Waals surface area contributed by atoms with Crippen LogP contribution in [-0.2, 0) is 15.6 Å². The fourth-order valence-electron chi connectivity index (χ4n) is 7.25. The van der Waals surface area contributed by atoms with E-state index in [0.717, 1.165) is 17.7 Å². The number of ether oxygens (including phenoxy) is 3. The van der Waals surface area contributed by atoms with Gasteiger partial charge in [0.1, 0.15) is 0 Å². The van der Waals surface area contributed by atoms with Crippen molar-refractivity contribution in [3.8, 4) is 17.2 Å². The van der Waals surface area contributed by atoms with Crippen LogP contribution in [0.3, 0.4) is 0 Å². The average molecular weight is 606 g/mol. The van der Waals surface area contributed by atoms with Gasteiger partial charge in [-0.3, -0.25) is 14.5 Å². The van der Waals surface area contributed by atoms with E-state index < -0.39 is 10.8 Å². The summed E-state index contributed by atoms with van der Waals surface area (Å²) in [4.78, 5) is 31.8. The lowest BCUT2D eigenvalue weighted by atomic mass is 9.61. The molecule has 2 N–H and O–H groups in total. The molecule has 0 aliphatic carbocycles. The quantitative estimate of drug-likeness (QED) is 0.367. The van der Waals surface area contributed by atoms with Crippen molar-refractivity contribution in [2.24, 2.45) is 5.73 Å². The standard InChI is InChI=1S/C34H40ClN3O5/c1-5-37-16-14-33(32(36)40,24-10-7-6-8-11-24)21-29(37)34(25-12-9-13-26(35)20-25)15-17-38(22-34)31(39)23-18-27(41-2)30(43-4)28(19-23)42-3/h6-13,18-20,29H,5,14-17,21-22H2,1-4H3,(H2,36,40). The summed E-state index contributed by atoms with van der Waals surface area (Å²) in [7, 11) is 4.60. The number of nitrogens with two attached hydrogens (primary N) is 1. The van der Waals surface area contributed by atoms with Crippen LogP contribution in [0.25, 0.3) is 0 Å². The number of carbonyl (C=O) groups is 2. The number of benzene rings is 3. The lowest BCUT2D eigenvalue weighted by Crippen LogP contribution is -2.61. The van der Waals surface area contributed by atoms with Gasteiger partial charge in [-0.2, -0.15) is 0 Å². The first kappa shape index (κ1) is 30.7. The predicted molar refractivity (Wildman–Crippen MR) is 167 cm³/mol. The summed E-state index contributed by atoms with van der Waals surface area (Å²) in [6.45, 7) is 4.64. The number of hydrogen-bond acceptors (Lipinski definition) is 6. The molecule has 2 aliphatic heterocycles. The van der Waals surface area contributed by atoms with Gasteiger partial charge in [0.15, 0.2) is 11.5 Å². The highest BCUT2D eigenvalue weighted by atomic mass is 35.5. The van der Waals surface area contributed by atoms with Crippen molar-refractivity contribution in [3.63, 3.8) is 0 Å². The Morgan fingerprint density at radius 2 is 1.58 bits per heavy atom. The number of primary amides is 1. The van der Waals surface area contributed by atoms with Crippen molar-refractivity contribution in [2.45, 2.75) is 43.1 Å². The number of nitrogens with zero attached hydrogens (tertiary/aromatic N) is 2. The Morgan fingerprint density at radius 1 is 0.907 bits per heavy atom. The van der Waals surface area contributed by atoms with Gasteiger partial charge in [0.25, 0.3) is 5.91 Å². The second-order valence-corrected chi connectivity index (χ2v) is 11.9. The lowest BCUT2D eigenvalue weighted by molar-refractivity contribution is -0.127. The summed E-state index contributed by atoms with van der Waals surface area (Å²) in [5, 5.41) is 0.634. The van der Waals surface area contributed by atoms with Gasteiger partial charge in [-0.1, -0.05) is 61.0 Å². The first-order chi connectivity index (χ1) is 20.7. The third-order valence-corrected chi connectivity index (χ3v) is 9.78. The molecular formula is C34H40ClN3O5. The van der Waals surface area contributed by atoms with Crippen LogP contribution in [0.5, 0.6) is 17.2 Å². The van der Waals surface area contributed by atoms with Crippen LogP contribution in [-0.4, -0.2) is 75.2 Å². The summed E-state index contributed by atoms with van der Waals surface area (Å²) < 4.78 is 16.5. The fraction of sp³-hybridized carbons (Fsp3) is 0.412. The number of halogens is 1. The smallest absolute Gasteiger partial charge is 0.254 e. The number of likely N-dealkylation sites (tertiary alicyclic amines) is 2. The van der Waals surface area contributed by atoms with Gasteiger partial charge in [-0.15, -0.1) is 0 Å². The summed E-state index contributed by atoms with van der Waals surface area (Å²) in [5.74, 6) is 0.823. The molecule has 3 atom stereocenters. The van der Waals surface area contributed by atoms with Crippen LogP contribution >= 0.6 is 11.6 Å². The van der Waals surface area contributed by atoms with Crippen molar-refractivity contribution in [2.75, 3.05) is 47.5 Å². The molecule has 228 valence electrons. The molecule has 0 spiro atoms. The second-order valence-electron chi connectivity index (χ2n) is 11.5. The van der Waals surface area contributed by atoms with Crippen LogP contribution in [0, 0.1) is 0 Å². The van der Waals surface area contributed by atoms with Crippen LogP contribution in [0.4, 0.5) is 0 Å². The van der Waals surface area contributed by atoms with E-state index in [2.05, 4.69) is 17.9 Å². The average Bonchev–Trinajstić information content (AvgIpc) is 3.50. The maximum absolute atomic E-state index is 14.1. The number of hydrogen-bond donors (Lipinski definition) is 1. The van der Waals surface area contributed by atoms with Gasteiger partial charge in [-0.25, -0.2) is 0 Å². The molecule has 9 heteroatoms. The number of carbonyl (C=O) groups excluding carboxylic acids is 2. The van der Waals surface area contributed by atoms with Crippen LogP contribution in [0.2, 0.25) is 5.02 Å². The zero-order valence-electron chi connectivity index (χ0n) is 25.3. The molecule has 3 aromatic rings. The Labute approximate surface area is 258 Å². The van der Waals surface area contributed by atoms with E-state index >= 15 is 0 Å². The van der Waals surface area contributed by atoms with E-state index in [-0.39, 0.29) is 17.9 Å². The number of piperidine rings is 1. The molecule has 2 fully saturated rings. The summed E-state index contributed by atoms with van der Waals surface area (Å²) in [6, 6.07) is 21.1. The molecule has 0 aromatic heterocycles. The van der Waals surface area contributed by atoms with E-state index in [0.29, 0.717) is 66.7 Å². The third-order valence-electron chi connectivity index (χ3n) is 9.55. The molecule has 5 rings (SSSR count). The molecule has 0 bridgehead atoms. The minimum absolute atomic E-state index is 0.0739. The molecule has 2 heterocycles. The fourth-order valence-corrected chi connectivity index (χ4v) is 7.44. The van der Waals surface area contributed by atoms with Crippen molar-refractivity contribution in [1.82, 2.24) is 9.80 Å². The summed E-state index contributed by atoms with van der Waals surface area (Å²) in [5.41, 5.74) is 7.36. The van der Waals surface area contributed by atoms with E-state index in [9.17, 15) is 9.59 Å².